The van der Waals surface area contributed by atoms with Crippen LogP contribution in [0, 0.1) is 0 Å². The minimum atomic E-state index is -0.388. The number of hydrogen-bond donors (Lipinski definition) is 0. The highest BCUT2D eigenvalue weighted by molar-refractivity contribution is 4.71. The van der Waals surface area contributed by atoms with Crippen molar-refractivity contribution < 1.29 is 9.15 Å². The smallest absolute Gasteiger partial charge is 0.390 e. The summed E-state index contributed by atoms with van der Waals surface area (Å²) in [7, 11) is 1.55. The molecule has 0 aliphatic carbocycles. The van der Waals surface area contributed by atoms with Gasteiger partial charge in [0.05, 0.1) is 0 Å². The molecule has 6 nitrogen and oxygen atoms in total. The van der Waals surface area contributed by atoms with Crippen molar-refractivity contribution in [2.75, 3.05) is 26.7 Å². The summed E-state index contributed by atoms with van der Waals surface area (Å²) >= 11 is 0. The van der Waals surface area contributed by atoms with Gasteiger partial charge in [-0.2, -0.15) is 4.68 Å². The quantitative estimate of drug-likeness (QED) is 0.754. The Balaban J connectivity index is 1.77. The molecule has 1 aliphatic heterocycles. The number of aromatic nitrogens is 2. The molecule has 0 atom stereocenters. The number of piperidine rings is 1. The summed E-state index contributed by atoms with van der Waals surface area (Å²) in [4.78, 5) is 13.9. The molecule has 0 radical (unpaired) electrons. The molecule has 1 aromatic rings. The van der Waals surface area contributed by atoms with Gasteiger partial charge in [-0.3, -0.25) is 0 Å². The van der Waals surface area contributed by atoms with E-state index in [4.69, 9.17) is 9.15 Å². The van der Waals surface area contributed by atoms with Crippen LogP contribution in [0.25, 0.3) is 0 Å². The van der Waals surface area contributed by atoms with Crippen LogP contribution in [-0.2, 0) is 17.9 Å². The molecule has 0 N–H and O–H groups in total. The third kappa shape index (κ3) is 3.68. The number of methoxy groups -OCH3 is 1. The lowest BCUT2D eigenvalue weighted by molar-refractivity contribution is 0.158. The Labute approximate surface area is 107 Å². The lowest BCUT2D eigenvalue weighted by atomic mass is 10.1. The fourth-order valence-electron chi connectivity index (χ4n) is 2.30. The number of rotatable bonds is 6. The Bertz CT molecular complexity index is 407. The van der Waals surface area contributed by atoms with Gasteiger partial charge in [-0.25, -0.2) is 4.79 Å². The predicted molar refractivity (Wildman–Crippen MR) is 66.4 cm³/mol. The minimum absolute atomic E-state index is 0.244. The van der Waals surface area contributed by atoms with E-state index in [9.17, 15) is 4.79 Å². The maximum absolute atomic E-state index is 11.5. The molecule has 1 saturated heterocycles. The van der Waals surface area contributed by atoms with Crippen molar-refractivity contribution in [1.82, 2.24) is 14.7 Å². The van der Waals surface area contributed by atoms with E-state index in [0.29, 0.717) is 12.4 Å². The Kier molecular flexibility index (Phi) is 4.95. The molecule has 1 aliphatic rings. The van der Waals surface area contributed by atoms with Crippen molar-refractivity contribution in [2.45, 2.75) is 38.8 Å². The first-order chi connectivity index (χ1) is 8.79. The van der Waals surface area contributed by atoms with Crippen molar-refractivity contribution in [3.63, 3.8) is 0 Å². The molecule has 0 aromatic carbocycles. The second-order valence-electron chi connectivity index (χ2n) is 4.67. The maximum atomic E-state index is 11.5. The second-order valence-corrected chi connectivity index (χ2v) is 4.67. The molecule has 0 spiro atoms. The monoisotopic (exact) mass is 255 g/mol. The van der Waals surface area contributed by atoms with E-state index in [0.717, 1.165) is 13.0 Å². The summed E-state index contributed by atoms with van der Waals surface area (Å²) in [5, 5.41) is 4.08. The summed E-state index contributed by atoms with van der Waals surface area (Å²) in [5.74, 6) is -0.0406. The van der Waals surface area contributed by atoms with Gasteiger partial charge in [0.1, 0.15) is 6.61 Å². The Morgan fingerprint density at radius 3 is 2.78 bits per heavy atom. The van der Waals surface area contributed by atoms with E-state index < -0.39 is 0 Å². The van der Waals surface area contributed by atoms with Crippen molar-refractivity contribution >= 4 is 0 Å². The van der Waals surface area contributed by atoms with Crippen molar-refractivity contribution in [2.24, 2.45) is 0 Å². The molecule has 2 heterocycles. The summed E-state index contributed by atoms with van der Waals surface area (Å²) in [6.45, 7) is 4.25. The van der Waals surface area contributed by atoms with Crippen molar-refractivity contribution in [3.8, 4) is 0 Å². The van der Waals surface area contributed by atoms with Gasteiger partial charge in [-0.15, -0.1) is 5.10 Å². The third-order valence-corrected chi connectivity index (χ3v) is 3.21. The van der Waals surface area contributed by atoms with E-state index in [2.05, 4.69) is 10.00 Å². The molecule has 18 heavy (non-hydrogen) atoms. The van der Waals surface area contributed by atoms with Gasteiger partial charge < -0.3 is 14.1 Å². The average molecular weight is 255 g/mol. The van der Waals surface area contributed by atoms with E-state index in [1.165, 1.54) is 37.0 Å². The minimum Gasteiger partial charge on any atom is -0.390 e. The molecule has 1 aromatic heterocycles. The number of likely N-dealkylation sites (tertiary alicyclic amines) is 1. The first-order valence-corrected chi connectivity index (χ1v) is 6.57. The molecular weight excluding hydrogens is 234 g/mol. The van der Waals surface area contributed by atoms with Crippen LogP contribution < -0.4 is 5.76 Å². The van der Waals surface area contributed by atoms with Gasteiger partial charge in [0.25, 0.3) is 0 Å². The van der Waals surface area contributed by atoms with Crippen LogP contribution in [0.5, 0.6) is 0 Å². The fourth-order valence-corrected chi connectivity index (χ4v) is 2.30. The van der Waals surface area contributed by atoms with Crippen molar-refractivity contribution in [1.29, 1.82) is 0 Å². The number of hydrogen-bond acceptors (Lipinski definition) is 5. The number of ether oxygens (including phenoxy) is 1. The predicted octanol–water partition coefficient (Wildman–Crippen LogP) is 0.859. The van der Waals surface area contributed by atoms with E-state index in [1.807, 2.05) is 0 Å². The zero-order chi connectivity index (χ0) is 12.8. The summed E-state index contributed by atoms with van der Waals surface area (Å²) < 4.78 is 11.2. The zero-order valence-corrected chi connectivity index (χ0v) is 10.9. The highest BCUT2D eigenvalue weighted by atomic mass is 16.5. The highest BCUT2D eigenvalue weighted by Crippen LogP contribution is 2.08. The van der Waals surface area contributed by atoms with Crippen molar-refractivity contribution in [3.05, 3.63) is 16.4 Å². The Morgan fingerprint density at radius 2 is 2.06 bits per heavy atom. The first kappa shape index (κ1) is 13.3. The summed E-state index contributed by atoms with van der Waals surface area (Å²) in [5.41, 5.74) is 0. The SMILES string of the molecule is COCc1nn(CCCN2CCCCC2)c(=O)o1. The Hall–Kier alpha value is -1.14. The van der Waals surface area contributed by atoms with Crippen LogP contribution in [0.2, 0.25) is 0 Å². The standard InChI is InChI=1S/C12H21N3O3/c1-17-10-11-13-15(12(16)18-11)9-5-8-14-6-3-2-4-7-14/h2-10H2,1H3. The van der Waals surface area contributed by atoms with Gasteiger partial charge >= 0.3 is 5.76 Å². The number of aryl methyl sites for hydroxylation is 1. The van der Waals surface area contributed by atoms with E-state index in [1.54, 1.807) is 7.11 Å². The molecular formula is C12H21N3O3. The largest absolute Gasteiger partial charge is 0.437 e. The molecule has 0 unspecified atom stereocenters. The van der Waals surface area contributed by atoms with Gasteiger partial charge in [0, 0.05) is 13.7 Å². The zero-order valence-electron chi connectivity index (χ0n) is 10.9. The normalized spacial score (nSPS) is 17.2. The first-order valence-electron chi connectivity index (χ1n) is 6.57. The van der Waals surface area contributed by atoms with Gasteiger partial charge in [-0.05, 0) is 38.9 Å². The molecule has 2 rings (SSSR count). The van der Waals surface area contributed by atoms with Crippen LogP contribution in [0.4, 0.5) is 0 Å². The Morgan fingerprint density at radius 1 is 1.28 bits per heavy atom. The van der Waals surface area contributed by atoms with Crippen LogP contribution in [0.15, 0.2) is 9.21 Å². The topological polar surface area (TPSA) is 60.5 Å². The molecule has 0 amide bonds. The summed E-state index contributed by atoms with van der Waals surface area (Å²) in [6, 6.07) is 0. The van der Waals surface area contributed by atoms with Crippen LogP contribution in [-0.4, -0.2) is 41.4 Å². The third-order valence-electron chi connectivity index (χ3n) is 3.21. The van der Waals surface area contributed by atoms with E-state index in [-0.39, 0.29) is 12.4 Å². The van der Waals surface area contributed by atoms with Crippen LogP contribution in [0.1, 0.15) is 31.6 Å². The molecule has 0 saturated carbocycles. The second kappa shape index (κ2) is 6.70. The number of nitrogens with zero attached hydrogens (tertiary/aromatic N) is 3. The van der Waals surface area contributed by atoms with Crippen LogP contribution >= 0.6 is 0 Å². The molecule has 6 heteroatoms. The maximum Gasteiger partial charge on any atom is 0.437 e. The highest BCUT2D eigenvalue weighted by Gasteiger charge is 2.11. The summed E-state index contributed by atoms with van der Waals surface area (Å²) in [6.07, 6.45) is 4.86. The average Bonchev–Trinajstić information content (AvgIpc) is 2.72. The lowest BCUT2D eigenvalue weighted by Gasteiger charge is -2.26. The van der Waals surface area contributed by atoms with Gasteiger partial charge in [0.2, 0.25) is 5.89 Å². The lowest BCUT2D eigenvalue weighted by Crippen LogP contribution is -2.31. The molecule has 0 bridgehead atoms. The molecule has 102 valence electrons. The van der Waals surface area contributed by atoms with Crippen LogP contribution in [0.3, 0.4) is 0 Å². The van der Waals surface area contributed by atoms with Gasteiger partial charge in [0.15, 0.2) is 0 Å². The molecule has 1 fully saturated rings. The van der Waals surface area contributed by atoms with Gasteiger partial charge in [-0.1, -0.05) is 6.42 Å². The fraction of sp³-hybridized carbons (Fsp3) is 0.833. The van der Waals surface area contributed by atoms with E-state index >= 15 is 0 Å².